The van der Waals surface area contributed by atoms with Crippen LogP contribution in [0.2, 0.25) is 0 Å². The van der Waals surface area contributed by atoms with Crippen LogP contribution in [0.1, 0.15) is 26.2 Å². The first kappa shape index (κ1) is 16.0. The van der Waals surface area contributed by atoms with Crippen LogP contribution in [0.4, 0.5) is 8.78 Å². The highest BCUT2D eigenvalue weighted by molar-refractivity contribution is 9.10. The summed E-state index contributed by atoms with van der Waals surface area (Å²) in [7, 11) is 0. The predicted molar refractivity (Wildman–Crippen MR) is 78.8 cm³/mol. The molecule has 0 bridgehead atoms. The molecule has 1 heterocycles. The number of aromatic nitrogens is 2. The van der Waals surface area contributed by atoms with Crippen LogP contribution in [0.3, 0.4) is 0 Å². The van der Waals surface area contributed by atoms with Crippen molar-refractivity contribution in [1.82, 2.24) is 15.5 Å². The summed E-state index contributed by atoms with van der Waals surface area (Å²) in [4.78, 5) is 4.20. The van der Waals surface area contributed by atoms with Crippen molar-refractivity contribution in [3.8, 4) is 11.4 Å². The molecule has 21 heavy (non-hydrogen) atoms. The lowest BCUT2D eigenvalue weighted by Crippen LogP contribution is -2.23. The molecule has 0 radical (unpaired) electrons. The summed E-state index contributed by atoms with van der Waals surface area (Å²) in [6.07, 6.45) is 1.49. The van der Waals surface area contributed by atoms with Gasteiger partial charge in [-0.2, -0.15) is 4.98 Å². The molecule has 0 atom stereocenters. The Balaban J connectivity index is 2.05. The molecule has 0 aliphatic carbocycles. The molecule has 0 amide bonds. The third-order valence-corrected chi connectivity index (χ3v) is 3.64. The zero-order valence-electron chi connectivity index (χ0n) is 11.8. The monoisotopic (exact) mass is 359 g/mol. The summed E-state index contributed by atoms with van der Waals surface area (Å²) in [6, 6.07) is 2.89. The summed E-state index contributed by atoms with van der Waals surface area (Å²) in [5.41, 5.74) is 0.365. The van der Waals surface area contributed by atoms with E-state index >= 15 is 0 Å². The van der Waals surface area contributed by atoms with Gasteiger partial charge in [0.15, 0.2) is 11.6 Å². The third kappa shape index (κ3) is 4.07. The molecule has 2 aromatic rings. The van der Waals surface area contributed by atoms with Crippen LogP contribution < -0.4 is 5.32 Å². The number of halogens is 3. The van der Waals surface area contributed by atoms with E-state index in [1.807, 2.05) is 0 Å². The SMILES string of the molecule is CC(C)NCCCc1nc(-c2ccc(F)c(F)c2Br)no1. The van der Waals surface area contributed by atoms with E-state index in [-0.39, 0.29) is 10.3 Å². The average Bonchev–Trinajstić information content (AvgIpc) is 2.89. The number of hydrogen-bond acceptors (Lipinski definition) is 4. The molecule has 1 aromatic carbocycles. The fourth-order valence-corrected chi connectivity index (χ4v) is 2.29. The number of aryl methyl sites for hydroxylation is 1. The number of rotatable bonds is 6. The summed E-state index contributed by atoms with van der Waals surface area (Å²) >= 11 is 3.01. The molecule has 0 fully saturated rings. The molecule has 0 spiro atoms. The van der Waals surface area contributed by atoms with E-state index in [1.165, 1.54) is 6.07 Å². The Morgan fingerprint density at radius 1 is 1.33 bits per heavy atom. The summed E-state index contributed by atoms with van der Waals surface area (Å²) in [5.74, 6) is -1.16. The minimum Gasteiger partial charge on any atom is -0.339 e. The Kier molecular flexibility index (Phi) is 5.41. The normalized spacial score (nSPS) is 11.3. The first-order valence-corrected chi connectivity index (χ1v) is 7.48. The third-order valence-electron chi connectivity index (χ3n) is 2.86. The lowest BCUT2D eigenvalue weighted by atomic mass is 10.2. The van der Waals surface area contributed by atoms with Crippen LogP contribution in [0.5, 0.6) is 0 Å². The van der Waals surface area contributed by atoms with Crippen LogP contribution in [-0.2, 0) is 6.42 Å². The maximum atomic E-state index is 13.5. The largest absolute Gasteiger partial charge is 0.339 e. The highest BCUT2D eigenvalue weighted by Gasteiger charge is 2.16. The number of nitrogens with one attached hydrogen (secondary N) is 1. The summed E-state index contributed by atoms with van der Waals surface area (Å²) in [6.45, 7) is 5.00. The van der Waals surface area contributed by atoms with Gasteiger partial charge in [-0.15, -0.1) is 0 Å². The van der Waals surface area contributed by atoms with Gasteiger partial charge in [-0.1, -0.05) is 19.0 Å². The molecule has 1 N–H and O–H groups in total. The average molecular weight is 360 g/mol. The van der Waals surface area contributed by atoms with Crippen molar-refractivity contribution >= 4 is 15.9 Å². The topological polar surface area (TPSA) is 51.0 Å². The Bertz CT molecular complexity index is 616. The molecule has 0 saturated heterocycles. The lowest BCUT2D eigenvalue weighted by molar-refractivity contribution is 0.374. The van der Waals surface area contributed by atoms with Gasteiger partial charge >= 0.3 is 0 Å². The molecule has 2 rings (SSSR count). The van der Waals surface area contributed by atoms with Gasteiger partial charge in [0.1, 0.15) is 0 Å². The standard InChI is InChI=1S/C14H16BrF2N3O/c1-8(2)18-7-3-4-11-19-14(20-21-11)9-5-6-10(16)13(17)12(9)15/h5-6,8,18H,3-4,7H2,1-2H3. The minimum absolute atomic E-state index is 0.00340. The molecule has 0 aliphatic heterocycles. The van der Waals surface area contributed by atoms with Crippen molar-refractivity contribution in [3.05, 3.63) is 34.1 Å². The number of nitrogens with zero attached hydrogens (tertiary/aromatic N) is 2. The van der Waals surface area contributed by atoms with Crippen LogP contribution in [0, 0.1) is 11.6 Å². The lowest BCUT2D eigenvalue weighted by Gasteiger charge is -2.05. The van der Waals surface area contributed by atoms with E-state index in [1.54, 1.807) is 0 Å². The Morgan fingerprint density at radius 3 is 2.81 bits per heavy atom. The second kappa shape index (κ2) is 7.09. The van der Waals surface area contributed by atoms with Gasteiger partial charge < -0.3 is 9.84 Å². The van der Waals surface area contributed by atoms with Gasteiger partial charge in [0.25, 0.3) is 0 Å². The molecule has 0 unspecified atom stereocenters. The Labute approximate surface area is 130 Å². The van der Waals surface area contributed by atoms with Crippen molar-refractivity contribution < 1.29 is 13.3 Å². The molecular weight excluding hydrogens is 344 g/mol. The van der Waals surface area contributed by atoms with Crippen molar-refractivity contribution in [2.24, 2.45) is 0 Å². The van der Waals surface area contributed by atoms with Crippen molar-refractivity contribution in [3.63, 3.8) is 0 Å². The van der Waals surface area contributed by atoms with Crippen LogP contribution in [0.25, 0.3) is 11.4 Å². The van der Waals surface area contributed by atoms with E-state index < -0.39 is 11.6 Å². The second-order valence-electron chi connectivity index (χ2n) is 4.95. The highest BCUT2D eigenvalue weighted by Crippen LogP contribution is 2.29. The maximum Gasteiger partial charge on any atom is 0.227 e. The van der Waals surface area contributed by atoms with Gasteiger partial charge in [0.05, 0.1) is 4.47 Å². The maximum absolute atomic E-state index is 13.5. The van der Waals surface area contributed by atoms with E-state index in [9.17, 15) is 8.78 Å². The highest BCUT2D eigenvalue weighted by atomic mass is 79.9. The zero-order valence-corrected chi connectivity index (χ0v) is 13.4. The molecule has 1 aromatic heterocycles. The van der Waals surface area contributed by atoms with E-state index in [0.29, 0.717) is 23.9 Å². The predicted octanol–water partition coefficient (Wildman–Crippen LogP) is 3.71. The van der Waals surface area contributed by atoms with Gasteiger partial charge in [-0.25, -0.2) is 8.78 Å². The number of hydrogen-bond donors (Lipinski definition) is 1. The van der Waals surface area contributed by atoms with Crippen LogP contribution in [0.15, 0.2) is 21.1 Å². The molecular formula is C14H16BrF2N3O. The molecule has 0 aliphatic rings. The quantitative estimate of drug-likeness (QED) is 0.630. The first-order chi connectivity index (χ1) is 9.99. The molecule has 4 nitrogen and oxygen atoms in total. The van der Waals surface area contributed by atoms with Crippen molar-refractivity contribution in [2.75, 3.05) is 6.54 Å². The molecule has 114 valence electrons. The van der Waals surface area contributed by atoms with Gasteiger partial charge in [-0.3, -0.25) is 0 Å². The zero-order chi connectivity index (χ0) is 15.4. The summed E-state index contributed by atoms with van der Waals surface area (Å²) < 4.78 is 31.7. The van der Waals surface area contributed by atoms with Crippen LogP contribution >= 0.6 is 15.9 Å². The van der Waals surface area contributed by atoms with Crippen LogP contribution in [-0.4, -0.2) is 22.7 Å². The minimum atomic E-state index is -0.958. The van der Waals surface area contributed by atoms with Gasteiger partial charge in [-0.05, 0) is 41.0 Å². The van der Waals surface area contributed by atoms with Crippen molar-refractivity contribution in [1.29, 1.82) is 0 Å². The smallest absolute Gasteiger partial charge is 0.227 e. The van der Waals surface area contributed by atoms with E-state index in [0.717, 1.165) is 19.0 Å². The second-order valence-corrected chi connectivity index (χ2v) is 5.74. The fraction of sp³-hybridized carbons (Fsp3) is 0.429. The van der Waals surface area contributed by atoms with Gasteiger partial charge in [0.2, 0.25) is 11.7 Å². The first-order valence-electron chi connectivity index (χ1n) is 6.69. The van der Waals surface area contributed by atoms with Gasteiger partial charge in [0, 0.05) is 18.0 Å². The van der Waals surface area contributed by atoms with Crippen molar-refractivity contribution in [2.45, 2.75) is 32.7 Å². The Morgan fingerprint density at radius 2 is 2.10 bits per heavy atom. The Hall–Kier alpha value is -1.34. The summed E-state index contributed by atoms with van der Waals surface area (Å²) in [5, 5.41) is 7.09. The molecule has 7 heteroatoms. The van der Waals surface area contributed by atoms with E-state index in [4.69, 9.17) is 4.52 Å². The van der Waals surface area contributed by atoms with E-state index in [2.05, 4.69) is 45.2 Å². The fourth-order valence-electron chi connectivity index (χ4n) is 1.79. The number of benzene rings is 1. The molecule has 0 saturated carbocycles.